The van der Waals surface area contributed by atoms with Crippen LogP contribution < -0.4 is 5.32 Å². The van der Waals surface area contributed by atoms with Crippen molar-refractivity contribution in [2.75, 3.05) is 13.2 Å². The molecule has 3 unspecified atom stereocenters. The maximum absolute atomic E-state index is 9.83. The van der Waals surface area contributed by atoms with E-state index in [9.17, 15) is 5.11 Å². The predicted octanol–water partition coefficient (Wildman–Crippen LogP) is 1.06. The van der Waals surface area contributed by atoms with Crippen molar-refractivity contribution in [3.8, 4) is 0 Å². The van der Waals surface area contributed by atoms with Crippen molar-refractivity contribution >= 4 is 0 Å². The van der Waals surface area contributed by atoms with Crippen LogP contribution in [0.3, 0.4) is 0 Å². The molecule has 18 heavy (non-hydrogen) atoms. The Morgan fingerprint density at radius 1 is 1.28 bits per heavy atom. The molecule has 0 aromatic rings. The summed E-state index contributed by atoms with van der Waals surface area (Å²) in [5.41, 5.74) is 0. The standard InChI is InChI=1S/C14H27NO3/c1-10-3-2-4-14(5-10)18-9-13(17)8-15-11-6-12(16)7-11/h10-17H,2-9H2,1H3. The molecule has 0 aromatic carbocycles. The molecule has 0 radical (unpaired) electrons. The topological polar surface area (TPSA) is 61.7 Å². The third kappa shape index (κ3) is 4.50. The van der Waals surface area contributed by atoms with Crippen LogP contribution in [-0.2, 0) is 4.74 Å². The van der Waals surface area contributed by atoms with Crippen molar-refractivity contribution in [1.82, 2.24) is 5.32 Å². The number of rotatable bonds is 6. The quantitative estimate of drug-likeness (QED) is 0.666. The molecule has 2 rings (SSSR count). The fourth-order valence-electron chi connectivity index (χ4n) is 2.89. The molecule has 3 atom stereocenters. The van der Waals surface area contributed by atoms with Gasteiger partial charge in [0.25, 0.3) is 0 Å². The molecule has 0 spiro atoms. The summed E-state index contributed by atoms with van der Waals surface area (Å²) in [5, 5.41) is 22.2. The van der Waals surface area contributed by atoms with Crippen molar-refractivity contribution in [2.45, 2.75) is 69.8 Å². The van der Waals surface area contributed by atoms with E-state index in [1.165, 1.54) is 12.8 Å². The fraction of sp³-hybridized carbons (Fsp3) is 1.00. The molecule has 2 saturated carbocycles. The molecule has 2 aliphatic carbocycles. The van der Waals surface area contributed by atoms with Gasteiger partial charge in [-0.1, -0.05) is 19.8 Å². The Morgan fingerprint density at radius 3 is 2.72 bits per heavy atom. The number of nitrogens with one attached hydrogen (secondary N) is 1. The molecular weight excluding hydrogens is 230 g/mol. The highest BCUT2D eigenvalue weighted by atomic mass is 16.5. The lowest BCUT2D eigenvalue weighted by Crippen LogP contribution is -2.47. The van der Waals surface area contributed by atoms with Gasteiger partial charge in [-0.3, -0.25) is 0 Å². The molecule has 0 saturated heterocycles. The first kappa shape index (κ1) is 14.3. The van der Waals surface area contributed by atoms with Crippen LogP contribution in [0.4, 0.5) is 0 Å². The van der Waals surface area contributed by atoms with Gasteiger partial charge in [-0.2, -0.15) is 0 Å². The van der Waals surface area contributed by atoms with E-state index in [1.54, 1.807) is 0 Å². The monoisotopic (exact) mass is 257 g/mol. The average Bonchev–Trinajstić information content (AvgIpc) is 2.31. The summed E-state index contributed by atoms with van der Waals surface area (Å²) in [6.45, 7) is 3.27. The van der Waals surface area contributed by atoms with Crippen LogP contribution in [0.5, 0.6) is 0 Å². The van der Waals surface area contributed by atoms with E-state index >= 15 is 0 Å². The largest absolute Gasteiger partial charge is 0.393 e. The Kier molecular flexibility index (Phi) is 5.42. The maximum Gasteiger partial charge on any atom is 0.0897 e. The van der Waals surface area contributed by atoms with Crippen LogP contribution in [0.2, 0.25) is 0 Å². The third-order valence-electron chi connectivity index (χ3n) is 4.17. The van der Waals surface area contributed by atoms with Crippen LogP contribution in [0, 0.1) is 5.92 Å². The predicted molar refractivity (Wildman–Crippen MR) is 70.4 cm³/mol. The first-order valence-electron chi connectivity index (χ1n) is 7.34. The molecule has 0 bridgehead atoms. The lowest BCUT2D eigenvalue weighted by atomic mass is 9.89. The average molecular weight is 257 g/mol. The summed E-state index contributed by atoms with van der Waals surface area (Å²) < 4.78 is 5.78. The van der Waals surface area contributed by atoms with E-state index in [0.29, 0.717) is 25.3 Å². The molecule has 0 amide bonds. The minimum Gasteiger partial charge on any atom is -0.393 e. The molecule has 0 aliphatic heterocycles. The summed E-state index contributed by atoms with van der Waals surface area (Å²) in [4.78, 5) is 0. The summed E-state index contributed by atoms with van der Waals surface area (Å²) in [5.74, 6) is 0.760. The van der Waals surface area contributed by atoms with E-state index in [4.69, 9.17) is 9.84 Å². The number of hydrogen-bond donors (Lipinski definition) is 3. The fourth-order valence-corrected chi connectivity index (χ4v) is 2.89. The van der Waals surface area contributed by atoms with E-state index < -0.39 is 6.10 Å². The highest BCUT2D eigenvalue weighted by Gasteiger charge is 2.27. The van der Waals surface area contributed by atoms with Gasteiger partial charge in [0.2, 0.25) is 0 Å². The Bertz CT molecular complexity index is 243. The molecule has 2 fully saturated rings. The third-order valence-corrected chi connectivity index (χ3v) is 4.17. The Balaban J connectivity index is 1.52. The number of hydrogen-bond acceptors (Lipinski definition) is 4. The van der Waals surface area contributed by atoms with Crippen molar-refractivity contribution in [1.29, 1.82) is 0 Å². The highest BCUT2D eigenvalue weighted by Crippen LogP contribution is 2.25. The lowest BCUT2D eigenvalue weighted by molar-refractivity contribution is -0.0335. The summed E-state index contributed by atoms with van der Waals surface area (Å²) >= 11 is 0. The summed E-state index contributed by atoms with van der Waals surface area (Å²) in [6.07, 6.45) is 6.23. The zero-order chi connectivity index (χ0) is 13.0. The highest BCUT2D eigenvalue weighted by molar-refractivity contribution is 4.85. The smallest absolute Gasteiger partial charge is 0.0897 e. The van der Waals surface area contributed by atoms with Gasteiger partial charge in [-0.25, -0.2) is 0 Å². The van der Waals surface area contributed by atoms with Gasteiger partial charge >= 0.3 is 0 Å². The van der Waals surface area contributed by atoms with Crippen LogP contribution >= 0.6 is 0 Å². The summed E-state index contributed by atoms with van der Waals surface area (Å²) in [7, 11) is 0. The van der Waals surface area contributed by atoms with Crippen molar-refractivity contribution in [3.63, 3.8) is 0 Å². The molecule has 2 aliphatic rings. The minimum absolute atomic E-state index is 0.139. The number of aliphatic hydroxyl groups is 2. The van der Waals surface area contributed by atoms with Gasteiger partial charge in [0.1, 0.15) is 0 Å². The van der Waals surface area contributed by atoms with E-state index in [1.807, 2.05) is 0 Å². The molecular formula is C14H27NO3. The second-order valence-electron chi connectivity index (χ2n) is 6.11. The maximum atomic E-state index is 9.83. The summed E-state index contributed by atoms with van der Waals surface area (Å²) in [6, 6.07) is 0.379. The first-order valence-corrected chi connectivity index (χ1v) is 7.34. The Hall–Kier alpha value is -0.160. The van der Waals surface area contributed by atoms with Crippen molar-refractivity contribution in [2.24, 2.45) is 5.92 Å². The normalized spacial score (nSPS) is 38.2. The van der Waals surface area contributed by atoms with Crippen LogP contribution in [0.15, 0.2) is 0 Å². The van der Waals surface area contributed by atoms with Crippen LogP contribution in [0.1, 0.15) is 45.4 Å². The van der Waals surface area contributed by atoms with Gasteiger partial charge in [0, 0.05) is 12.6 Å². The number of ether oxygens (including phenoxy) is 1. The van der Waals surface area contributed by atoms with Gasteiger partial charge in [0.05, 0.1) is 24.9 Å². The second kappa shape index (κ2) is 6.85. The molecule has 0 heterocycles. The molecule has 3 N–H and O–H groups in total. The molecule has 4 heteroatoms. The number of aliphatic hydroxyl groups excluding tert-OH is 2. The van der Waals surface area contributed by atoms with Gasteiger partial charge in [-0.15, -0.1) is 0 Å². The van der Waals surface area contributed by atoms with Gasteiger partial charge < -0.3 is 20.3 Å². The Morgan fingerprint density at radius 2 is 2.06 bits per heavy atom. The van der Waals surface area contributed by atoms with Crippen molar-refractivity contribution in [3.05, 3.63) is 0 Å². The zero-order valence-corrected chi connectivity index (χ0v) is 11.3. The minimum atomic E-state index is -0.431. The molecule has 4 nitrogen and oxygen atoms in total. The van der Waals surface area contributed by atoms with Crippen LogP contribution in [-0.4, -0.2) is 47.7 Å². The van der Waals surface area contributed by atoms with Gasteiger partial charge in [-0.05, 0) is 31.6 Å². The van der Waals surface area contributed by atoms with E-state index in [-0.39, 0.29) is 6.10 Å². The van der Waals surface area contributed by atoms with Crippen LogP contribution in [0.25, 0.3) is 0 Å². The first-order chi connectivity index (χ1) is 8.63. The molecule has 106 valence electrons. The SMILES string of the molecule is CC1CCCC(OCC(O)CNC2CC(O)C2)C1. The zero-order valence-electron chi connectivity index (χ0n) is 11.3. The molecule has 0 aromatic heterocycles. The second-order valence-corrected chi connectivity index (χ2v) is 6.11. The van der Waals surface area contributed by atoms with E-state index in [2.05, 4.69) is 12.2 Å². The Labute approximate surface area is 110 Å². The van der Waals surface area contributed by atoms with Gasteiger partial charge in [0.15, 0.2) is 0 Å². The van der Waals surface area contributed by atoms with E-state index in [0.717, 1.165) is 31.6 Å². The van der Waals surface area contributed by atoms with Crippen molar-refractivity contribution < 1.29 is 14.9 Å². The lowest BCUT2D eigenvalue weighted by Gasteiger charge is -2.33.